The molecule has 1 aliphatic carbocycles. The molecule has 1 aromatic carbocycles. The van der Waals surface area contributed by atoms with Crippen molar-refractivity contribution >= 4 is 15.9 Å². The molecule has 0 unspecified atom stereocenters. The smallest absolute Gasteiger partial charge is 0.123 e. The van der Waals surface area contributed by atoms with Crippen molar-refractivity contribution in [1.29, 1.82) is 0 Å². The Morgan fingerprint density at radius 3 is 2.63 bits per heavy atom. The molecule has 106 valence electrons. The van der Waals surface area contributed by atoms with Gasteiger partial charge in [0.1, 0.15) is 5.82 Å². The number of rotatable bonds is 4. The van der Waals surface area contributed by atoms with Gasteiger partial charge in [-0.2, -0.15) is 0 Å². The summed E-state index contributed by atoms with van der Waals surface area (Å²) in [7, 11) is 0. The van der Waals surface area contributed by atoms with Gasteiger partial charge in [0, 0.05) is 4.47 Å². The number of hydrogen-bond donors (Lipinski definition) is 1. The van der Waals surface area contributed by atoms with Gasteiger partial charge in [0.15, 0.2) is 0 Å². The Balaban J connectivity index is 2.13. The van der Waals surface area contributed by atoms with Crippen LogP contribution in [-0.2, 0) is 6.42 Å². The van der Waals surface area contributed by atoms with Gasteiger partial charge in [0.25, 0.3) is 0 Å². The summed E-state index contributed by atoms with van der Waals surface area (Å²) in [6, 6.07) is 4.94. The first kappa shape index (κ1) is 15.0. The van der Waals surface area contributed by atoms with E-state index in [-0.39, 0.29) is 11.2 Å². The number of hydrogen-bond acceptors (Lipinski definition) is 1. The van der Waals surface area contributed by atoms with E-state index >= 15 is 0 Å². The van der Waals surface area contributed by atoms with Gasteiger partial charge in [-0.05, 0) is 73.7 Å². The van der Waals surface area contributed by atoms with E-state index < -0.39 is 0 Å². The zero-order valence-corrected chi connectivity index (χ0v) is 13.2. The Morgan fingerprint density at radius 2 is 2.05 bits per heavy atom. The van der Waals surface area contributed by atoms with Gasteiger partial charge in [-0.3, -0.25) is 0 Å². The van der Waals surface area contributed by atoms with Gasteiger partial charge in [0.2, 0.25) is 0 Å². The highest BCUT2D eigenvalue weighted by Crippen LogP contribution is 2.42. The number of halogens is 2. The quantitative estimate of drug-likeness (QED) is 0.853. The second-order valence-electron chi connectivity index (χ2n) is 5.97. The van der Waals surface area contributed by atoms with Crippen molar-refractivity contribution in [3.8, 4) is 0 Å². The SMILES string of the molecule is CCC1CCC(CN)(Cc2cc(F)ccc2Br)CC1. The van der Waals surface area contributed by atoms with E-state index in [1.807, 2.05) is 0 Å². The maximum absolute atomic E-state index is 13.4. The first-order valence-corrected chi connectivity index (χ1v) is 8.02. The van der Waals surface area contributed by atoms with Crippen molar-refractivity contribution in [2.75, 3.05) is 6.54 Å². The Labute approximate surface area is 123 Å². The lowest BCUT2D eigenvalue weighted by Gasteiger charge is -2.39. The molecule has 19 heavy (non-hydrogen) atoms. The second-order valence-corrected chi connectivity index (χ2v) is 6.82. The molecule has 1 aliphatic rings. The Kier molecular flexibility index (Phi) is 5.02. The maximum Gasteiger partial charge on any atom is 0.123 e. The molecule has 1 nitrogen and oxygen atoms in total. The molecule has 2 N–H and O–H groups in total. The van der Waals surface area contributed by atoms with Crippen LogP contribution in [0.5, 0.6) is 0 Å². The topological polar surface area (TPSA) is 26.0 Å². The van der Waals surface area contributed by atoms with Crippen molar-refractivity contribution in [1.82, 2.24) is 0 Å². The molecule has 0 amide bonds. The average molecular weight is 328 g/mol. The van der Waals surface area contributed by atoms with Crippen molar-refractivity contribution in [3.63, 3.8) is 0 Å². The van der Waals surface area contributed by atoms with Crippen LogP contribution in [0, 0.1) is 17.2 Å². The third kappa shape index (κ3) is 3.57. The van der Waals surface area contributed by atoms with Crippen LogP contribution in [0.15, 0.2) is 22.7 Å². The van der Waals surface area contributed by atoms with E-state index in [0.717, 1.165) is 22.4 Å². The molecule has 0 radical (unpaired) electrons. The minimum Gasteiger partial charge on any atom is -0.330 e. The molecule has 0 bridgehead atoms. The van der Waals surface area contributed by atoms with Gasteiger partial charge in [-0.15, -0.1) is 0 Å². The Morgan fingerprint density at radius 1 is 1.37 bits per heavy atom. The first-order valence-electron chi connectivity index (χ1n) is 7.22. The lowest BCUT2D eigenvalue weighted by atomic mass is 9.67. The predicted molar refractivity (Wildman–Crippen MR) is 81.5 cm³/mol. The van der Waals surface area contributed by atoms with Gasteiger partial charge < -0.3 is 5.73 Å². The van der Waals surface area contributed by atoms with E-state index in [0.29, 0.717) is 6.54 Å². The molecule has 0 heterocycles. The van der Waals surface area contributed by atoms with Crippen molar-refractivity contribution in [2.45, 2.75) is 45.4 Å². The molecule has 0 saturated heterocycles. The third-order valence-electron chi connectivity index (χ3n) is 4.75. The van der Waals surface area contributed by atoms with Crippen LogP contribution in [0.2, 0.25) is 0 Å². The Bertz CT molecular complexity index is 425. The van der Waals surface area contributed by atoms with Crippen LogP contribution in [0.3, 0.4) is 0 Å². The fourth-order valence-corrected chi connectivity index (χ4v) is 3.62. The molecular weight excluding hydrogens is 305 g/mol. The molecule has 1 fully saturated rings. The highest BCUT2D eigenvalue weighted by Gasteiger charge is 2.34. The van der Waals surface area contributed by atoms with E-state index in [9.17, 15) is 4.39 Å². The minimum absolute atomic E-state index is 0.160. The predicted octanol–water partition coefficient (Wildman–Crippen LogP) is 4.68. The molecule has 0 spiro atoms. The van der Waals surface area contributed by atoms with Crippen LogP contribution in [0.1, 0.15) is 44.6 Å². The van der Waals surface area contributed by atoms with Crippen LogP contribution >= 0.6 is 15.9 Å². The van der Waals surface area contributed by atoms with E-state index in [1.54, 1.807) is 12.1 Å². The third-order valence-corrected chi connectivity index (χ3v) is 5.52. The van der Waals surface area contributed by atoms with Gasteiger partial charge in [-0.1, -0.05) is 29.3 Å². The molecular formula is C16H23BrFN. The van der Waals surface area contributed by atoms with Crippen LogP contribution in [-0.4, -0.2) is 6.54 Å². The fourth-order valence-electron chi connectivity index (χ4n) is 3.23. The summed E-state index contributed by atoms with van der Waals surface area (Å²) in [5.74, 6) is 0.697. The van der Waals surface area contributed by atoms with Crippen LogP contribution in [0.25, 0.3) is 0 Å². The molecule has 3 heteroatoms. The molecule has 2 rings (SSSR count). The van der Waals surface area contributed by atoms with Crippen molar-refractivity contribution < 1.29 is 4.39 Å². The highest BCUT2D eigenvalue weighted by molar-refractivity contribution is 9.10. The first-order chi connectivity index (χ1) is 9.08. The molecule has 1 saturated carbocycles. The summed E-state index contributed by atoms with van der Waals surface area (Å²) in [6.45, 7) is 2.97. The van der Waals surface area contributed by atoms with Gasteiger partial charge >= 0.3 is 0 Å². The summed E-state index contributed by atoms with van der Waals surface area (Å²) in [4.78, 5) is 0. The average Bonchev–Trinajstić information content (AvgIpc) is 2.44. The fraction of sp³-hybridized carbons (Fsp3) is 0.625. The summed E-state index contributed by atoms with van der Waals surface area (Å²) in [5.41, 5.74) is 7.28. The maximum atomic E-state index is 13.4. The molecule has 0 atom stereocenters. The van der Waals surface area contributed by atoms with Crippen LogP contribution in [0.4, 0.5) is 4.39 Å². The number of nitrogens with two attached hydrogens (primary N) is 1. The minimum atomic E-state index is -0.160. The van der Waals surface area contributed by atoms with Crippen LogP contribution < -0.4 is 5.73 Å². The highest BCUT2D eigenvalue weighted by atomic mass is 79.9. The molecule has 1 aromatic rings. The van der Waals surface area contributed by atoms with E-state index in [1.165, 1.54) is 38.2 Å². The Hall–Kier alpha value is -0.410. The van der Waals surface area contributed by atoms with Crippen molar-refractivity contribution in [3.05, 3.63) is 34.1 Å². The zero-order chi connectivity index (χ0) is 13.9. The van der Waals surface area contributed by atoms with Gasteiger partial charge in [0.05, 0.1) is 0 Å². The number of benzene rings is 1. The molecule has 0 aliphatic heterocycles. The summed E-state index contributed by atoms with van der Waals surface area (Å²) in [5, 5.41) is 0. The second kappa shape index (κ2) is 6.36. The summed E-state index contributed by atoms with van der Waals surface area (Å²) < 4.78 is 14.4. The standard InChI is InChI=1S/C16H23BrFN/c1-2-12-5-7-16(11-19,8-6-12)10-13-9-14(18)3-4-15(13)17/h3-4,9,12H,2,5-8,10-11,19H2,1H3. The summed E-state index contributed by atoms with van der Waals surface area (Å²) in [6.07, 6.45) is 7.03. The van der Waals surface area contributed by atoms with Crippen molar-refractivity contribution in [2.24, 2.45) is 17.1 Å². The van der Waals surface area contributed by atoms with E-state index in [2.05, 4.69) is 22.9 Å². The van der Waals surface area contributed by atoms with Gasteiger partial charge in [-0.25, -0.2) is 4.39 Å². The monoisotopic (exact) mass is 327 g/mol. The van der Waals surface area contributed by atoms with E-state index in [4.69, 9.17) is 5.73 Å². The molecule has 0 aromatic heterocycles. The largest absolute Gasteiger partial charge is 0.330 e. The lowest BCUT2D eigenvalue weighted by Crippen LogP contribution is -2.37. The zero-order valence-electron chi connectivity index (χ0n) is 11.6. The lowest BCUT2D eigenvalue weighted by molar-refractivity contribution is 0.153. The normalized spacial score (nSPS) is 27.5. The summed E-state index contributed by atoms with van der Waals surface area (Å²) >= 11 is 3.53.